The lowest BCUT2D eigenvalue weighted by atomic mass is 9.86. The van der Waals surface area contributed by atoms with E-state index >= 15 is 0 Å². The first-order valence-corrected chi connectivity index (χ1v) is 7.36. The molecule has 1 aromatic rings. The number of rotatable bonds is 5. The largest absolute Gasteiger partial charge is 0.386 e. The van der Waals surface area contributed by atoms with Gasteiger partial charge in [0.25, 0.3) is 5.91 Å². The number of oxime groups is 1. The van der Waals surface area contributed by atoms with Crippen LogP contribution >= 0.6 is 0 Å². The van der Waals surface area contributed by atoms with Crippen LogP contribution in [-0.4, -0.2) is 24.8 Å². The van der Waals surface area contributed by atoms with Gasteiger partial charge in [0.1, 0.15) is 5.82 Å². The van der Waals surface area contributed by atoms with Gasteiger partial charge in [-0.2, -0.15) is 0 Å². The van der Waals surface area contributed by atoms with Gasteiger partial charge in [0, 0.05) is 11.6 Å². The van der Waals surface area contributed by atoms with E-state index in [0.29, 0.717) is 11.5 Å². The number of carbonyl (C=O) groups is 1. The van der Waals surface area contributed by atoms with Crippen LogP contribution in [0.3, 0.4) is 0 Å². The average molecular weight is 292 g/mol. The minimum absolute atomic E-state index is 0.145. The van der Waals surface area contributed by atoms with Crippen LogP contribution < -0.4 is 5.32 Å². The van der Waals surface area contributed by atoms with Crippen molar-refractivity contribution in [2.24, 2.45) is 11.1 Å². The second kappa shape index (κ2) is 7.76. The number of nitrogens with one attached hydrogen (secondary N) is 1. The predicted octanol–water partition coefficient (Wildman–Crippen LogP) is 2.87. The lowest BCUT2D eigenvalue weighted by Crippen LogP contribution is -2.42. The van der Waals surface area contributed by atoms with Crippen LogP contribution in [0.4, 0.5) is 4.39 Å². The van der Waals surface area contributed by atoms with Gasteiger partial charge in [0.2, 0.25) is 0 Å². The van der Waals surface area contributed by atoms with E-state index in [9.17, 15) is 9.18 Å². The molecule has 1 saturated carbocycles. The Bertz CT molecular complexity index is 505. The molecule has 5 heteroatoms. The molecule has 1 amide bonds. The zero-order valence-electron chi connectivity index (χ0n) is 12.2. The SMILES string of the molecule is C[C@H]1CCCC[C@H]1NC(=O)CO/N=C\c1ccccc1F. The molecule has 0 aliphatic heterocycles. The Morgan fingerprint density at radius 2 is 2.19 bits per heavy atom. The molecular formula is C16H21FN2O2. The normalized spacial score (nSPS) is 22.2. The van der Waals surface area contributed by atoms with Crippen LogP contribution in [0, 0.1) is 11.7 Å². The van der Waals surface area contributed by atoms with Crippen LogP contribution in [0.2, 0.25) is 0 Å². The van der Waals surface area contributed by atoms with E-state index in [1.807, 2.05) is 0 Å². The number of hydrogen-bond donors (Lipinski definition) is 1. The molecule has 114 valence electrons. The Balaban J connectivity index is 1.73. The average Bonchev–Trinajstić information content (AvgIpc) is 2.48. The lowest BCUT2D eigenvalue weighted by Gasteiger charge is -2.29. The molecule has 0 aromatic heterocycles. The van der Waals surface area contributed by atoms with E-state index in [1.54, 1.807) is 18.2 Å². The standard InChI is InChI=1S/C16H21FN2O2/c1-12-6-2-5-9-15(12)19-16(20)11-21-18-10-13-7-3-4-8-14(13)17/h3-4,7-8,10,12,15H,2,5-6,9,11H2,1H3,(H,19,20)/b18-10-/t12-,15+/m0/s1. The molecule has 4 nitrogen and oxygen atoms in total. The van der Waals surface area contributed by atoms with Crippen LogP contribution in [0.5, 0.6) is 0 Å². The van der Waals surface area contributed by atoms with Crippen molar-refractivity contribution in [2.75, 3.05) is 6.61 Å². The van der Waals surface area contributed by atoms with Crippen LogP contribution in [-0.2, 0) is 9.63 Å². The van der Waals surface area contributed by atoms with Gasteiger partial charge in [0.05, 0.1) is 6.21 Å². The molecular weight excluding hydrogens is 271 g/mol. The van der Waals surface area contributed by atoms with Gasteiger partial charge >= 0.3 is 0 Å². The first kappa shape index (κ1) is 15.5. The fourth-order valence-corrected chi connectivity index (χ4v) is 2.55. The second-order valence-corrected chi connectivity index (χ2v) is 5.47. The summed E-state index contributed by atoms with van der Waals surface area (Å²) in [5.41, 5.74) is 0.332. The van der Waals surface area contributed by atoms with Crippen molar-refractivity contribution in [1.29, 1.82) is 0 Å². The summed E-state index contributed by atoms with van der Waals surface area (Å²) in [6.45, 7) is 2.01. The van der Waals surface area contributed by atoms with E-state index in [-0.39, 0.29) is 24.4 Å². The molecule has 2 atom stereocenters. The van der Waals surface area contributed by atoms with Crippen molar-refractivity contribution >= 4 is 12.1 Å². The molecule has 0 heterocycles. The maximum absolute atomic E-state index is 13.3. The summed E-state index contributed by atoms with van der Waals surface area (Å²) in [5, 5.41) is 6.60. The molecule has 0 spiro atoms. The molecule has 1 aromatic carbocycles. The summed E-state index contributed by atoms with van der Waals surface area (Å²) in [5.74, 6) is -0.0469. The van der Waals surface area contributed by atoms with Crippen molar-refractivity contribution in [1.82, 2.24) is 5.32 Å². The fraction of sp³-hybridized carbons (Fsp3) is 0.500. The van der Waals surface area contributed by atoms with Crippen LogP contribution in [0.15, 0.2) is 29.4 Å². The summed E-state index contributed by atoms with van der Waals surface area (Å²) in [6.07, 6.45) is 5.83. The van der Waals surface area contributed by atoms with Gasteiger partial charge in [-0.15, -0.1) is 0 Å². The smallest absolute Gasteiger partial charge is 0.261 e. The Hall–Kier alpha value is -1.91. The van der Waals surface area contributed by atoms with Gasteiger partial charge in [-0.25, -0.2) is 4.39 Å². The van der Waals surface area contributed by atoms with E-state index in [4.69, 9.17) is 4.84 Å². The molecule has 1 aliphatic carbocycles. The Labute approximate surface area is 124 Å². The van der Waals surface area contributed by atoms with Gasteiger partial charge < -0.3 is 10.2 Å². The number of amides is 1. The summed E-state index contributed by atoms with van der Waals surface area (Å²) < 4.78 is 13.3. The molecule has 0 unspecified atom stereocenters. The number of hydrogen-bond acceptors (Lipinski definition) is 3. The van der Waals surface area contributed by atoms with Crippen molar-refractivity contribution < 1.29 is 14.0 Å². The van der Waals surface area contributed by atoms with Crippen molar-refractivity contribution in [3.8, 4) is 0 Å². The summed E-state index contributed by atoms with van der Waals surface area (Å²) in [7, 11) is 0. The monoisotopic (exact) mass is 292 g/mol. The third kappa shape index (κ3) is 4.85. The van der Waals surface area contributed by atoms with Crippen molar-refractivity contribution in [2.45, 2.75) is 38.6 Å². The number of halogens is 1. The first-order valence-electron chi connectivity index (χ1n) is 7.36. The maximum Gasteiger partial charge on any atom is 0.261 e. The zero-order chi connectivity index (χ0) is 15.1. The topological polar surface area (TPSA) is 50.7 Å². The minimum atomic E-state index is -0.370. The second-order valence-electron chi connectivity index (χ2n) is 5.47. The van der Waals surface area contributed by atoms with Gasteiger partial charge in [-0.05, 0) is 24.8 Å². The maximum atomic E-state index is 13.3. The highest BCUT2D eigenvalue weighted by Gasteiger charge is 2.22. The van der Waals surface area contributed by atoms with Gasteiger partial charge in [0.15, 0.2) is 6.61 Å². The number of carbonyl (C=O) groups excluding carboxylic acids is 1. The number of nitrogens with zero attached hydrogens (tertiary/aromatic N) is 1. The highest BCUT2D eigenvalue weighted by molar-refractivity contribution is 5.80. The quantitative estimate of drug-likeness (QED) is 0.670. The molecule has 0 bridgehead atoms. The summed E-state index contributed by atoms with van der Waals surface area (Å²) >= 11 is 0. The Morgan fingerprint density at radius 1 is 1.43 bits per heavy atom. The molecule has 1 N–H and O–H groups in total. The summed E-state index contributed by atoms with van der Waals surface area (Å²) in [6, 6.07) is 6.48. The third-order valence-electron chi connectivity index (χ3n) is 3.83. The zero-order valence-corrected chi connectivity index (χ0v) is 12.2. The van der Waals surface area contributed by atoms with Crippen LogP contribution in [0.1, 0.15) is 38.2 Å². The molecule has 21 heavy (non-hydrogen) atoms. The Kier molecular flexibility index (Phi) is 5.72. The highest BCUT2D eigenvalue weighted by atomic mass is 19.1. The molecule has 2 rings (SSSR count). The van der Waals surface area contributed by atoms with Gasteiger partial charge in [-0.3, -0.25) is 4.79 Å². The summed E-state index contributed by atoms with van der Waals surface area (Å²) in [4.78, 5) is 16.7. The van der Waals surface area contributed by atoms with Crippen molar-refractivity contribution in [3.05, 3.63) is 35.6 Å². The van der Waals surface area contributed by atoms with E-state index < -0.39 is 0 Å². The predicted molar refractivity (Wildman–Crippen MR) is 79.5 cm³/mol. The van der Waals surface area contributed by atoms with E-state index in [0.717, 1.165) is 19.3 Å². The third-order valence-corrected chi connectivity index (χ3v) is 3.83. The molecule has 0 radical (unpaired) electrons. The lowest BCUT2D eigenvalue weighted by molar-refractivity contribution is -0.126. The fourth-order valence-electron chi connectivity index (χ4n) is 2.55. The molecule has 1 fully saturated rings. The van der Waals surface area contributed by atoms with E-state index in [2.05, 4.69) is 17.4 Å². The first-order chi connectivity index (χ1) is 10.2. The minimum Gasteiger partial charge on any atom is -0.386 e. The van der Waals surface area contributed by atoms with Gasteiger partial charge in [-0.1, -0.05) is 43.1 Å². The number of benzene rings is 1. The van der Waals surface area contributed by atoms with Crippen LogP contribution in [0.25, 0.3) is 0 Å². The van der Waals surface area contributed by atoms with Crippen molar-refractivity contribution in [3.63, 3.8) is 0 Å². The highest BCUT2D eigenvalue weighted by Crippen LogP contribution is 2.23. The molecule has 1 aliphatic rings. The molecule has 0 saturated heterocycles. The Morgan fingerprint density at radius 3 is 2.95 bits per heavy atom. The van der Waals surface area contributed by atoms with E-state index in [1.165, 1.54) is 18.7 Å².